The van der Waals surface area contributed by atoms with Gasteiger partial charge >= 0.3 is 0 Å². The number of aliphatic hydroxyl groups is 3. The summed E-state index contributed by atoms with van der Waals surface area (Å²) in [6.45, 7) is 12.8. The van der Waals surface area contributed by atoms with Crippen LogP contribution in [0.5, 0.6) is 0 Å². The number of allylic oxidation sites excluding steroid dienone is 1. The zero-order valence-corrected chi connectivity index (χ0v) is 31.7. The van der Waals surface area contributed by atoms with E-state index in [0.29, 0.717) is 18.2 Å². The van der Waals surface area contributed by atoms with E-state index in [0.717, 1.165) is 54.8 Å². The van der Waals surface area contributed by atoms with Gasteiger partial charge < -0.3 is 29.3 Å². The van der Waals surface area contributed by atoms with Gasteiger partial charge in [0.25, 0.3) is 0 Å². The van der Waals surface area contributed by atoms with Crippen LogP contribution in [0.15, 0.2) is 30.4 Å². The van der Waals surface area contributed by atoms with Gasteiger partial charge in [-0.05, 0) is 97.7 Å². The summed E-state index contributed by atoms with van der Waals surface area (Å²) >= 11 is 0. The third kappa shape index (κ3) is 8.66. The maximum absolute atomic E-state index is 10.8. The summed E-state index contributed by atoms with van der Waals surface area (Å²) in [5, 5.41) is 32.2. The highest BCUT2D eigenvalue weighted by Crippen LogP contribution is 2.67. The summed E-state index contributed by atoms with van der Waals surface area (Å²) in [6, 6.07) is 0. The van der Waals surface area contributed by atoms with Crippen LogP contribution in [0, 0.1) is 46.3 Å². The molecule has 49 heavy (non-hydrogen) atoms. The highest BCUT2D eigenvalue weighted by Gasteiger charge is 2.59. The fraction of sp³-hybridized carbons (Fsp3) is 0.868. The average Bonchev–Trinajstić information content (AvgIpc) is 3.59. The second-order valence-corrected chi connectivity index (χ2v) is 18.7. The fourth-order valence-electron chi connectivity index (χ4n) is 11.0. The third-order valence-corrected chi connectivity index (χ3v) is 13.5. The number of imidazole rings is 1. The first-order chi connectivity index (χ1) is 22.9. The minimum absolute atomic E-state index is 0.0607. The molecule has 1 aromatic rings. The SMILES string of the molecule is CC(C)CCC[C@@H](C)[C@H]1CC[C@H]2[C@@H]3CC=C4C[C@@H](O[C@@H]5O[C@H](Cn6cc[n+](C)c6)[C@@H](O)[C@H](O)[C@H]5O)CC[C@]4(C)[C@H]3CC[C@]12C.CS(=O)(=O)[O-]. The Morgan fingerprint density at radius 2 is 1.76 bits per heavy atom. The molecule has 0 unspecified atom stereocenters. The molecule has 6 rings (SSSR count). The summed E-state index contributed by atoms with van der Waals surface area (Å²) in [7, 11) is -1.98. The van der Waals surface area contributed by atoms with E-state index in [2.05, 4.69) is 40.7 Å². The Labute approximate surface area is 295 Å². The van der Waals surface area contributed by atoms with E-state index in [9.17, 15) is 15.3 Å². The standard InChI is InChI=1S/C37H61N2O5.CH4O3S/c1-23(2)8-7-9-24(3)28-12-13-29-27-11-10-25-20-26(14-16-36(25,4)30(27)15-17-37(28,29)5)43-35-34(42)33(41)32(40)31(44-35)21-39-19-18-38(6)22-39;1-5(2,3)4/h10,18-19,22-24,26-35,40-42H,7-9,11-17,20-21H2,1-6H3;1H3,(H,2,3,4)/q+1;/p-1/t24-,26+,27+,28-,29+,30+,31-,32-,33+,34-,35-,36+,37-;/m1./s1. The van der Waals surface area contributed by atoms with Gasteiger partial charge in [-0.25, -0.2) is 17.6 Å². The van der Waals surface area contributed by atoms with Crippen molar-refractivity contribution in [2.75, 3.05) is 6.26 Å². The Kier molecular flexibility index (Phi) is 12.2. The fourth-order valence-corrected chi connectivity index (χ4v) is 11.0. The Hall–Kier alpha value is -1.34. The van der Waals surface area contributed by atoms with E-state index in [1.165, 1.54) is 56.9 Å². The monoisotopic (exact) mass is 708 g/mol. The molecule has 0 amide bonds. The molecule has 0 aromatic carbocycles. The number of aromatic nitrogens is 2. The zero-order valence-electron chi connectivity index (χ0n) is 30.9. The van der Waals surface area contributed by atoms with Gasteiger partial charge in [0.05, 0.1) is 23.3 Å². The first kappa shape index (κ1) is 38.9. The Balaban J connectivity index is 0.000000874. The van der Waals surface area contributed by atoms with E-state index in [1.807, 2.05) is 34.9 Å². The van der Waals surface area contributed by atoms with Gasteiger partial charge in [0, 0.05) is 6.26 Å². The minimum atomic E-state index is -3.92. The van der Waals surface area contributed by atoms with Gasteiger partial charge in [0.15, 0.2) is 6.29 Å². The van der Waals surface area contributed by atoms with Gasteiger partial charge in [-0.1, -0.05) is 65.5 Å². The molecule has 11 heteroatoms. The molecule has 3 saturated carbocycles. The minimum Gasteiger partial charge on any atom is -0.748 e. The van der Waals surface area contributed by atoms with Gasteiger partial charge in [0.2, 0.25) is 6.33 Å². The van der Waals surface area contributed by atoms with E-state index < -0.39 is 40.8 Å². The number of ether oxygens (including phenoxy) is 2. The van der Waals surface area contributed by atoms with E-state index in [1.54, 1.807) is 0 Å². The summed E-state index contributed by atoms with van der Waals surface area (Å²) in [5.74, 6) is 4.91. The lowest BCUT2D eigenvalue weighted by molar-refractivity contribution is -0.671. The van der Waals surface area contributed by atoms with Crippen LogP contribution in [0.1, 0.15) is 105 Å². The molecular weight excluding hydrogens is 644 g/mol. The lowest BCUT2D eigenvalue weighted by atomic mass is 9.47. The van der Waals surface area contributed by atoms with Crippen molar-refractivity contribution < 1.29 is 42.3 Å². The van der Waals surface area contributed by atoms with Crippen molar-refractivity contribution in [3.05, 3.63) is 30.4 Å². The lowest BCUT2D eigenvalue weighted by Gasteiger charge is -2.58. The zero-order chi connectivity index (χ0) is 35.9. The predicted octanol–water partition coefficient (Wildman–Crippen LogP) is 4.71. The van der Waals surface area contributed by atoms with Crippen molar-refractivity contribution in [3.63, 3.8) is 0 Å². The summed E-state index contributed by atoms with van der Waals surface area (Å²) in [4.78, 5) is 0. The Morgan fingerprint density at radius 1 is 1.04 bits per heavy atom. The van der Waals surface area contributed by atoms with Crippen molar-refractivity contribution in [1.29, 1.82) is 0 Å². The molecule has 0 spiro atoms. The normalized spacial score (nSPS) is 41.2. The first-order valence-corrected chi connectivity index (χ1v) is 20.7. The molecule has 0 radical (unpaired) electrons. The molecule has 2 heterocycles. The molecule has 3 N–H and O–H groups in total. The van der Waals surface area contributed by atoms with E-state index in [4.69, 9.17) is 22.4 Å². The van der Waals surface area contributed by atoms with E-state index in [-0.39, 0.29) is 11.5 Å². The molecule has 10 nitrogen and oxygen atoms in total. The molecule has 5 aliphatic rings. The van der Waals surface area contributed by atoms with Crippen LogP contribution in [0.3, 0.4) is 0 Å². The number of fused-ring (bicyclic) bond motifs is 5. The Bertz CT molecular complexity index is 1390. The molecule has 4 fully saturated rings. The van der Waals surface area contributed by atoms with Crippen LogP contribution >= 0.6 is 0 Å². The van der Waals surface area contributed by atoms with E-state index >= 15 is 0 Å². The first-order valence-electron chi connectivity index (χ1n) is 18.9. The largest absolute Gasteiger partial charge is 0.748 e. The second-order valence-electron chi connectivity index (χ2n) is 17.3. The average molecular weight is 709 g/mol. The molecule has 280 valence electrons. The number of nitrogens with zero attached hydrogens (tertiary/aromatic N) is 2. The maximum atomic E-state index is 10.8. The molecular formula is C38H64N2O8S. The van der Waals surface area contributed by atoms with Crippen LogP contribution in [0.2, 0.25) is 0 Å². The summed E-state index contributed by atoms with van der Waals surface area (Å²) in [6.07, 6.45) is 17.2. The van der Waals surface area contributed by atoms with Gasteiger partial charge in [-0.2, -0.15) is 0 Å². The molecule has 0 bridgehead atoms. The van der Waals surface area contributed by atoms with Crippen molar-refractivity contribution in [2.45, 2.75) is 149 Å². The molecule has 4 aliphatic carbocycles. The summed E-state index contributed by atoms with van der Waals surface area (Å²) in [5.41, 5.74) is 2.26. The number of rotatable bonds is 9. The van der Waals surface area contributed by atoms with Crippen molar-refractivity contribution in [2.24, 2.45) is 53.4 Å². The lowest BCUT2D eigenvalue weighted by Crippen LogP contribution is -2.60. The van der Waals surface area contributed by atoms with Crippen molar-refractivity contribution >= 4 is 10.1 Å². The highest BCUT2D eigenvalue weighted by molar-refractivity contribution is 7.84. The number of aliphatic hydroxyl groups excluding tert-OH is 3. The van der Waals surface area contributed by atoms with Crippen LogP contribution < -0.4 is 4.57 Å². The van der Waals surface area contributed by atoms with Crippen molar-refractivity contribution in [3.8, 4) is 0 Å². The highest BCUT2D eigenvalue weighted by atomic mass is 32.2. The quantitative estimate of drug-likeness (QED) is 0.190. The molecule has 1 saturated heterocycles. The third-order valence-electron chi connectivity index (χ3n) is 13.5. The molecule has 1 aliphatic heterocycles. The van der Waals surface area contributed by atoms with Gasteiger partial charge in [0.1, 0.15) is 43.4 Å². The molecule has 13 atom stereocenters. The predicted molar refractivity (Wildman–Crippen MR) is 186 cm³/mol. The molecule has 1 aromatic heterocycles. The van der Waals surface area contributed by atoms with Crippen molar-refractivity contribution in [1.82, 2.24) is 4.57 Å². The summed E-state index contributed by atoms with van der Waals surface area (Å²) < 4.78 is 43.6. The number of aryl methyl sites for hydroxylation is 1. The number of hydrogen-bond donors (Lipinski definition) is 3. The van der Waals surface area contributed by atoms with Crippen LogP contribution in [-0.4, -0.2) is 75.9 Å². The van der Waals surface area contributed by atoms with Crippen LogP contribution in [0.4, 0.5) is 0 Å². The number of hydrogen-bond acceptors (Lipinski definition) is 8. The second kappa shape index (κ2) is 15.3. The topological polar surface area (TPSA) is 145 Å². The maximum Gasteiger partial charge on any atom is 0.243 e. The van der Waals surface area contributed by atoms with Gasteiger partial charge in [-0.3, -0.25) is 0 Å². The smallest absolute Gasteiger partial charge is 0.243 e. The van der Waals surface area contributed by atoms with Crippen LogP contribution in [0.25, 0.3) is 0 Å². The van der Waals surface area contributed by atoms with Crippen LogP contribution in [-0.2, 0) is 33.2 Å². The Morgan fingerprint density at radius 3 is 2.41 bits per heavy atom. The van der Waals surface area contributed by atoms with Gasteiger partial charge in [-0.15, -0.1) is 0 Å².